The van der Waals surface area contributed by atoms with E-state index in [9.17, 15) is 4.79 Å². The van der Waals surface area contributed by atoms with E-state index in [2.05, 4.69) is 25.7 Å². The molecule has 1 saturated heterocycles. The van der Waals surface area contributed by atoms with Gasteiger partial charge >= 0.3 is 0 Å². The summed E-state index contributed by atoms with van der Waals surface area (Å²) in [6.07, 6.45) is 0. The molecule has 3 aromatic rings. The van der Waals surface area contributed by atoms with E-state index in [1.165, 1.54) is 0 Å². The molecule has 0 radical (unpaired) electrons. The van der Waals surface area contributed by atoms with Crippen LogP contribution in [0.4, 0.5) is 5.82 Å². The number of rotatable bonds is 6. The van der Waals surface area contributed by atoms with Gasteiger partial charge in [0.25, 0.3) is 5.91 Å². The van der Waals surface area contributed by atoms with Crippen molar-refractivity contribution < 1.29 is 14.3 Å². The molecule has 1 aromatic heterocycles. The van der Waals surface area contributed by atoms with Crippen LogP contribution in [0.3, 0.4) is 0 Å². The molecule has 1 amide bonds. The van der Waals surface area contributed by atoms with Crippen LogP contribution >= 0.6 is 0 Å². The number of carbonyl (C=O) groups is 1. The van der Waals surface area contributed by atoms with Crippen LogP contribution in [-0.4, -0.2) is 61.2 Å². The fraction of sp³-hybridized carbons (Fsp3) is 0.370. The number of nitrogens with zero attached hydrogens (tertiary/aromatic N) is 4. The van der Waals surface area contributed by atoms with Gasteiger partial charge in [0.1, 0.15) is 17.3 Å². The third-order valence-electron chi connectivity index (χ3n) is 6.23. The standard InChI is InChI=1S/C27H32N4O3/c1-18(2)24-19(3)28-25(20-9-7-6-8-10-20)29-26(24)30-13-15-31(16-14-30)27(32)22-12-11-21(33-4)17-23(22)34-5/h6-12,17-18H,13-16H2,1-5H3. The second kappa shape index (κ2) is 10.1. The molecule has 34 heavy (non-hydrogen) atoms. The fourth-order valence-corrected chi connectivity index (χ4v) is 4.47. The summed E-state index contributed by atoms with van der Waals surface area (Å²) in [7, 11) is 3.16. The highest BCUT2D eigenvalue weighted by Gasteiger charge is 2.28. The fourth-order valence-electron chi connectivity index (χ4n) is 4.47. The molecule has 0 spiro atoms. The van der Waals surface area contributed by atoms with E-state index in [1.807, 2.05) is 35.2 Å². The number of methoxy groups -OCH3 is 2. The van der Waals surface area contributed by atoms with Crippen LogP contribution in [0, 0.1) is 6.92 Å². The zero-order chi connectivity index (χ0) is 24.2. The average Bonchev–Trinajstić information content (AvgIpc) is 2.87. The Bertz CT molecular complexity index is 1160. The van der Waals surface area contributed by atoms with E-state index in [0.717, 1.165) is 28.5 Å². The predicted molar refractivity (Wildman–Crippen MR) is 134 cm³/mol. The number of ether oxygens (including phenoxy) is 2. The van der Waals surface area contributed by atoms with Crippen LogP contribution in [-0.2, 0) is 0 Å². The number of hydrogen-bond donors (Lipinski definition) is 0. The number of benzene rings is 2. The molecular formula is C27H32N4O3. The third-order valence-corrected chi connectivity index (χ3v) is 6.23. The molecule has 1 aliphatic heterocycles. The molecule has 0 bridgehead atoms. The first-order chi connectivity index (χ1) is 16.4. The zero-order valence-corrected chi connectivity index (χ0v) is 20.5. The molecule has 2 aromatic carbocycles. The van der Waals surface area contributed by atoms with Gasteiger partial charge in [-0.3, -0.25) is 4.79 Å². The second-order valence-electron chi connectivity index (χ2n) is 8.74. The van der Waals surface area contributed by atoms with Gasteiger partial charge in [0.2, 0.25) is 0 Å². The highest BCUT2D eigenvalue weighted by atomic mass is 16.5. The number of piperazine rings is 1. The predicted octanol–water partition coefficient (Wildman–Crippen LogP) is 4.56. The van der Waals surface area contributed by atoms with Crippen molar-refractivity contribution >= 4 is 11.7 Å². The highest BCUT2D eigenvalue weighted by molar-refractivity contribution is 5.97. The summed E-state index contributed by atoms with van der Waals surface area (Å²) in [5.41, 5.74) is 3.71. The van der Waals surface area contributed by atoms with Gasteiger partial charge in [-0.2, -0.15) is 0 Å². The number of aryl methyl sites for hydroxylation is 1. The number of anilines is 1. The van der Waals surface area contributed by atoms with E-state index in [1.54, 1.807) is 32.4 Å². The summed E-state index contributed by atoms with van der Waals surface area (Å²) in [6.45, 7) is 9.02. The molecule has 0 aliphatic carbocycles. The molecule has 178 valence electrons. The Kier molecular flexibility index (Phi) is 7.01. The lowest BCUT2D eigenvalue weighted by Crippen LogP contribution is -2.49. The zero-order valence-electron chi connectivity index (χ0n) is 20.5. The molecule has 4 rings (SSSR count). The number of amides is 1. The minimum atomic E-state index is -0.0351. The summed E-state index contributed by atoms with van der Waals surface area (Å²) in [4.78, 5) is 27.2. The first-order valence-corrected chi connectivity index (χ1v) is 11.6. The van der Waals surface area contributed by atoms with Crippen molar-refractivity contribution in [2.45, 2.75) is 26.7 Å². The molecule has 0 saturated carbocycles. The van der Waals surface area contributed by atoms with Crippen LogP contribution in [0.1, 0.15) is 41.4 Å². The molecular weight excluding hydrogens is 428 g/mol. The van der Waals surface area contributed by atoms with Crippen molar-refractivity contribution in [1.82, 2.24) is 14.9 Å². The van der Waals surface area contributed by atoms with Crippen LogP contribution in [0.25, 0.3) is 11.4 Å². The van der Waals surface area contributed by atoms with Crippen LogP contribution in [0.5, 0.6) is 11.5 Å². The SMILES string of the molecule is COc1ccc(C(=O)N2CCN(c3nc(-c4ccccc4)nc(C)c3C(C)C)CC2)c(OC)c1. The smallest absolute Gasteiger partial charge is 0.257 e. The monoisotopic (exact) mass is 460 g/mol. The van der Waals surface area contributed by atoms with Crippen molar-refractivity contribution in [2.24, 2.45) is 0 Å². The Balaban J connectivity index is 1.57. The molecule has 1 aliphatic rings. The van der Waals surface area contributed by atoms with Gasteiger partial charge in [-0.15, -0.1) is 0 Å². The van der Waals surface area contributed by atoms with E-state index in [4.69, 9.17) is 19.4 Å². The molecule has 7 nitrogen and oxygen atoms in total. The lowest BCUT2D eigenvalue weighted by Gasteiger charge is -2.37. The lowest BCUT2D eigenvalue weighted by atomic mass is 10.0. The maximum atomic E-state index is 13.3. The van der Waals surface area contributed by atoms with Gasteiger partial charge in [-0.05, 0) is 25.0 Å². The normalized spacial score (nSPS) is 13.8. The molecule has 0 N–H and O–H groups in total. The van der Waals surface area contributed by atoms with Gasteiger partial charge in [0.15, 0.2) is 5.82 Å². The Morgan fingerprint density at radius 2 is 1.65 bits per heavy atom. The minimum Gasteiger partial charge on any atom is -0.497 e. The van der Waals surface area contributed by atoms with Gasteiger partial charge < -0.3 is 19.3 Å². The largest absolute Gasteiger partial charge is 0.497 e. The van der Waals surface area contributed by atoms with Crippen LogP contribution in [0.15, 0.2) is 48.5 Å². The Labute approximate surface area is 201 Å². The second-order valence-corrected chi connectivity index (χ2v) is 8.74. The van der Waals surface area contributed by atoms with Crippen LogP contribution < -0.4 is 14.4 Å². The number of hydrogen-bond acceptors (Lipinski definition) is 6. The maximum Gasteiger partial charge on any atom is 0.257 e. The number of aromatic nitrogens is 2. The molecule has 7 heteroatoms. The summed E-state index contributed by atoms with van der Waals surface area (Å²) >= 11 is 0. The van der Waals surface area contributed by atoms with Gasteiger partial charge in [-0.25, -0.2) is 9.97 Å². The van der Waals surface area contributed by atoms with Crippen LogP contribution in [0.2, 0.25) is 0 Å². The van der Waals surface area contributed by atoms with E-state index in [-0.39, 0.29) is 5.91 Å². The molecule has 2 heterocycles. The quantitative estimate of drug-likeness (QED) is 0.537. The first kappa shape index (κ1) is 23.5. The van der Waals surface area contributed by atoms with E-state index < -0.39 is 0 Å². The topological polar surface area (TPSA) is 67.8 Å². The summed E-state index contributed by atoms with van der Waals surface area (Å²) in [6, 6.07) is 15.4. The van der Waals surface area contributed by atoms with Crippen molar-refractivity contribution in [3.05, 3.63) is 65.4 Å². The maximum absolute atomic E-state index is 13.3. The van der Waals surface area contributed by atoms with E-state index in [0.29, 0.717) is 49.2 Å². The summed E-state index contributed by atoms with van der Waals surface area (Å²) in [5.74, 6) is 3.14. The summed E-state index contributed by atoms with van der Waals surface area (Å²) in [5, 5.41) is 0. The Morgan fingerprint density at radius 1 is 0.941 bits per heavy atom. The Hall–Kier alpha value is -3.61. The van der Waals surface area contributed by atoms with Gasteiger partial charge in [0, 0.05) is 49.1 Å². The van der Waals surface area contributed by atoms with Crippen molar-refractivity contribution in [3.63, 3.8) is 0 Å². The van der Waals surface area contributed by atoms with Gasteiger partial charge in [-0.1, -0.05) is 44.2 Å². The molecule has 1 fully saturated rings. The van der Waals surface area contributed by atoms with Crippen molar-refractivity contribution in [3.8, 4) is 22.9 Å². The van der Waals surface area contributed by atoms with Crippen molar-refractivity contribution in [1.29, 1.82) is 0 Å². The minimum absolute atomic E-state index is 0.0351. The lowest BCUT2D eigenvalue weighted by molar-refractivity contribution is 0.0743. The number of carbonyl (C=O) groups excluding carboxylic acids is 1. The average molecular weight is 461 g/mol. The Morgan fingerprint density at radius 3 is 2.26 bits per heavy atom. The third kappa shape index (κ3) is 4.69. The molecule has 0 unspecified atom stereocenters. The van der Waals surface area contributed by atoms with Gasteiger partial charge in [0.05, 0.1) is 19.8 Å². The van der Waals surface area contributed by atoms with E-state index >= 15 is 0 Å². The highest BCUT2D eigenvalue weighted by Crippen LogP contribution is 2.32. The van der Waals surface area contributed by atoms with Crippen molar-refractivity contribution in [2.75, 3.05) is 45.3 Å². The summed E-state index contributed by atoms with van der Waals surface area (Å²) < 4.78 is 10.7. The first-order valence-electron chi connectivity index (χ1n) is 11.6. The molecule has 0 atom stereocenters.